The molecule has 0 radical (unpaired) electrons. The van der Waals surface area contributed by atoms with Crippen LogP contribution in [0.4, 0.5) is 0 Å². The third-order valence-electron chi connectivity index (χ3n) is 3.34. The fourth-order valence-corrected chi connectivity index (χ4v) is 3.25. The topological polar surface area (TPSA) is 55.5 Å². The highest BCUT2D eigenvalue weighted by Gasteiger charge is 2.26. The lowest BCUT2D eigenvalue weighted by Gasteiger charge is -2.23. The Morgan fingerprint density at radius 3 is 2.63 bits per heavy atom. The Morgan fingerprint density at radius 2 is 2.05 bits per heavy atom. The molecule has 1 aromatic heterocycles. The maximum Gasteiger partial charge on any atom is 0.122 e. The van der Waals surface area contributed by atoms with Crippen molar-refractivity contribution in [2.45, 2.75) is 18.9 Å². The zero-order valence-electron chi connectivity index (χ0n) is 11.2. The van der Waals surface area contributed by atoms with E-state index in [2.05, 4.69) is 0 Å². The summed E-state index contributed by atoms with van der Waals surface area (Å²) in [5.41, 5.74) is 7.93. The molecular weight excluding hydrogens is 258 g/mol. The quantitative estimate of drug-likeness (QED) is 0.883. The Kier molecular flexibility index (Phi) is 4.58. The maximum absolute atomic E-state index is 10.6. The van der Waals surface area contributed by atoms with Gasteiger partial charge in [-0.1, -0.05) is 18.2 Å². The molecule has 3 N–H and O–H groups in total. The summed E-state index contributed by atoms with van der Waals surface area (Å²) in [7, 11) is 1.63. The molecule has 0 bridgehead atoms. The average Bonchev–Trinajstić information content (AvgIpc) is 2.86. The lowest BCUT2D eigenvalue weighted by Crippen LogP contribution is -2.20. The molecule has 0 fully saturated rings. The van der Waals surface area contributed by atoms with E-state index in [1.807, 2.05) is 42.6 Å². The van der Waals surface area contributed by atoms with E-state index in [0.717, 1.165) is 21.8 Å². The third kappa shape index (κ3) is 2.81. The Hall–Kier alpha value is -1.36. The van der Waals surface area contributed by atoms with Crippen molar-refractivity contribution in [3.8, 4) is 5.75 Å². The van der Waals surface area contributed by atoms with E-state index in [9.17, 15) is 5.11 Å². The van der Waals surface area contributed by atoms with Crippen molar-refractivity contribution in [3.63, 3.8) is 0 Å². The van der Waals surface area contributed by atoms with Gasteiger partial charge < -0.3 is 15.6 Å². The Labute approximate surface area is 117 Å². The van der Waals surface area contributed by atoms with Crippen molar-refractivity contribution in [1.29, 1.82) is 0 Å². The number of aliphatic hydroxyl groups excluding tert-OH is 1. The fraction of sp³-hybridized carbons (Fsp3) is 0.333. The number of rotatable bonds is 5. The predicted molar refractivity (Wildman–Crippen MR) is 78.8 cm³/mol. The van der Waals surface area contributed by atoms with Crippen LogP contribution in [0.5, 0.6) is 5.75 Å². The molecule has 0 aliphatic rings. The van der Waals surface area contributed by atoms with Crippen molar-refractivity contribution in [2.24, 2.45) is 5.73 Å². The molecule has 0 saturated carbocycles. The molecule has 0 amide bonds. The summed E-state index contributed by atoms with van der Waals surface area (Å²) in [6.07, 6.45) is -0.596. The summed E-state index contributed by atoms with van der Waals surface area (Å²) in [4.78, 5) is 0.973. The van der Waals surface area contributed by atoms with Crippen LogP contribution in [0.25, 0.3) is 0 Å². The summed E-state index contributed by atoms with van der Waals surface area (Å²) >= 11 is 1.56. The van der Waals surface area contributed by atoms with E-state index in [-0.39, 0.29) is 5.92 Å². The van der Waals surface area contributed by atoms with Crippen LogP contribution >= 0.6 is 11.3 Å². The van der Waals surface area contributed by atoms with Gasteiger partial charge in [0.15, 0.2) is 0 Å². The molecule has 0 aliphatic carbocycles. The number of nitrogens with two attached hydrogens (primary N) is 1. The van der Waals surface area contributed by atoms with Crippen molar-refractivity contribution >= 4 is 11.3 Å². The predicted octanol–water partition coefficient (Wildman–Crippen LogP) is 2.84. The summed E-state index contributed by atoms with van der Waals surface area (Å²) < 4.78 is 5.36. The smallest absolute Gasteiger partial charge is 0.122 e. The maximum atomic E-state index is 10.6. The largest absolute Gasteiger partial charge is 0.496 e. The Bertz CT molecular complexity index is 538. The number of hydrogen-bond acceptors (Lipinski definition) is 4. The first-order valence-corrected chi connectivity index (χ1v) is 7.12. The second-order valence-electron chi connectivity index (χ2n) is 4.50. The normalized spacial score (nSPS) is 14.1. The molecule has 2 rings (SSSR count). The first-order valence-electron chi connectivity index (χ1n) is 6.24. The molecule has 3 nitrogen and oxygen atoms in total. The van der Waals surface area contributed by atoms with Gasteiger partial charge in [0.25, 0.3) is 0 Å². The van der Waals surface area contributed by atoms with Gasteiger partial charge in [0.05, 0.1) is 13.2 Å². The molecule has 2 aromatic rings. The zero-order chi connectivity index (χ0) is 13.8. The summed E-state index contributed by atoms with van der Waals surface area (Å²) in [6.45, 7) is 2.38. The van der Waals surface area contributed by atoms with Crippen LogP contribution in [0.3, 0.4) is 0 Å². The molecule has 1 heterocycles. The van der Waals surface area contributed by atoms with Crippen LogP contribution in [0, 0.1) is 6.92 Å². The molecule has 1 aromatic carbocycles. The number of methoxy groups -OCH3 is 1. The van der Waals surface area contributed by atoms with E-state index in [1.165, 1.54) is 0 Å². The van der Waals surface area contributed by atoms with Crippen LogP contribution < -0.4 is 10.5 Å². The molecule has 0 saturated heterocycles. The van der Waals surface area contributed by atoms with Gasteiger partial charge >= 0.3 is 0 Å². The van der Waals surface area contributed by atoms with E-state index >= 15 is 0 Å². The highest BCUT2D eigenvalue weighted by Crippen LogP contribution is 2.38. The monoisotopic (exact) mass is 277 g/mol. The van der Waals surface area contributed by atoms with E-state index in [4.69, 9.17) is 10.5 Å². The van der Waals surface area contributed by atoms with Gasteiger partial charge in [0, 0.05) is 22.9 Å². The molecule has 0 spiro atoms. The second-order valence-corrected chi connectivity index (χ2v) is 5.44. The van der Waals surface area contributed by atoms with Crippen molar-refractivity contribution in [2.75, 3.05) is 13.7 Å². The molecule has 2 unspecified atom stereocenters. The minimum Gasteiger partial charge on any atom is -0.496 e. The van der Waals surface area contributed by atoms with Crippen LogP contribution in [-0.4, -0.2) is 18.8 Å². The number of aryl methyl sites for hydroxylation is 1. The van der Waals surface area contributed by atoms with Gasteiger partial charge in [-0.2, -0.15) is 0 Å². The number of thiophene rings is 1. The molecule has 0 aliphatic heterocycles. The van der Waals surface area contributed by atoms with Crippen molar-refractivity contribution in [3.05, 3.63) is 51.7 Å². The van der Waals surface area contributed by atoms with E-state index in [1.54, 1.807) is 18.4 Å². The lowest BCUT2D eigenvalue weighted by molar-refractivity contribution is 0.149. The summed E-state index contributed by atoms with van der Waals surface area (Å²) in [5, 5.41) is 12.6. The van der Waals surface area contributed by atoms with Crippen molar-refractivity contribution in [1.82, 2.24) is 0 Å². The Balaban J connectivity index is 2.37. The SMILES string of the molecule is COc1ccccc1C(CN)C(O)c1sccc1C. The Morgan fingerprint density at radius 1 is 1.32 bits per heavy atom. The van der Waals surface area contributed by atoms with Crippen LogP contribution in [-0.2, 0) is 0 Å². The van der Waals surface area contributed by atoms with Gasteiger partial charge in [-0.05, 0) is 30.0 Å². The number of para-hydroxylation sites is 1. The minimum absolute atomic E-state index is 0.159. The molecule has 19 heavy (non-hydrogen) atoms. The van der Waals surface area contributed by atoms with Crippen molar-refractivity contribution < 1.29 is 9.84 Å². The molecule has 4 heteroatoms. The van der Waals surface area contributed by atoms with Gasteiger partial charge in [0.2, 0.25) is 0 Å². The van der Waals surface area contributed by atoms with Gasteiger partial charge in [-0.3, -0.25) is 0 Å². The van der Waals surface area contributed by atoms with Gasteiger partial charge in [-0.15, -0.1) is 11.3 Å². The highest BCUT2D eigenvalue weighted by atomic mass is 32.1. The average molecular weight is 277 g/mol. The standard InChI is InChI=1S/C15H19NO2S/c1-10-7-8-19-15(10)14(17)12(9-16)11-5-3-4-6-13(11)18-2/h3-8,12,14,17H,9,16H2,1-2H3. The zero-order valence-corrected chi connectivity index (χ0v) is 12.0. The minimum atomic E-state index is -0.596. The molecule has 2 atom stereocenters. The van der Waals surface area contributed by atoms with Gasteiger partial charge in [0.1, 0.15) is 5.75 Å². The van der Waals surface area contributed by atoms with Crippen LogP contribution in [0.1, 0.15) is 28.0 Å². The summed E-state index contributed by atoms with van der Waals surface area (Å²) in [6, 6.07) is 9.72. The summed E-state index contributed by atoms with van der Waals surface area (Å²) in [5.74, 6) is 0.611. The second kappa shape index (κ2) is 6.19. The van der Waals surface area contributed by atoms with E-state index < -0.39 is 6.10 Å². The molecule has 102 valence electrons. The first-order chi connectivity index (χ1) is 9.19. The number of benzene rings is 1. The lowest BCUT2D eigenvalue weighted by atomic mass is 9.91. The molecular formula is C15H19NO2S. The van der Waals surface area contributed by atoms with Crippen LogP contribution in [0.2, 0.25) is 0 Å². The fourth-order valence-electron chi connectivity index (χ4n) is 2.27. The third-order valence-corrected chi connectivity index (χ3v) is 4.43. The highest BCUT2D eigenvalue weighted by molar-refractivity contribution is 7.10. The number of ether oxygens (including phenoxy) is 1. The van der Waals surface area contributed by atoms with Gasteiger partial charge in [-0.25, -0.2) is 0 Å². The first kappa shape index (κ1) is 14.1. The van der Waals surface area contributed by atoms with Crippen LogP contribution in [0.15, 0.2) is 35.7 Å². The number of aliphatic hydroxyl groups is 1. The van der Waals surface area contributed by atoms with E-state index in [0.29, 0.717) is 6.54 Å². The number of hydrogen-bond donors (Lipinski definition) is 2.